The van der Waals surface area contributed by atoms with Gasteiger partial charge in [-0.05, 0) is 42.8 Å². The van der Waals surface area contributed by atoms with Crippen LogP contribution in [0.3, 0.4) is 0 Å². The Kier molecular flexibility index (Phi) is 5.74. The highest BCUT2D eigenvalue weighted by Gasteiger charge is 2.14. The Hall–Kier alpha value is -3.61. The Labute approximate surface area is 161 Å². The van der Waals surface area contributed by atoms with Crippen LogP contribution >= 0.6 is 0 Å². The summed E-state index contributed by atoms with van der Waals surface area (Å²) in [4.78, 5) is 26.1. The molecule has 0 spiro atoms. The number of methoxy groups -OCH3 is 1. The smallest absolute Gasteiger partial charge is 0.307 e. The zero-order valence-corrected chi connectivity index (χ0v) is 15.5. The van der Waals surface area contributed by atoms with Gasteiger partial charge in [0.05, 0.1) is 13.5 Å². The fraction of sp³-hybridized carbons (Fsp3) is 0.190. The van der Waals surface area contributed by atoms with Gasteiger partial charge in [-0.25, -0.2) is 4.98 Å². The van der Waals surface area contributed by atoms with Gasteiger partial charge in [0, 0.05) is 11.1 Å². The van der Waals surface area contributed by atoms with Gasteiger partial charge < -0.3 is 19.0 Å². The van der Waals surface area contributed by atoms with Crippen molar-refractivity contribution < 1.29 is 28.6 Å². The molecule has 0 aliphatic carbocycles. The summed E-state index contributed by atoms with van der Waals surface area (Å²) in [6.07, 6.45) is 0.705. The molecule has 1 N–H and O–H groups in total. The van der Waals surface area contributed by atoms with E-state index in [9.17, 15) is 9.59 Å². The first-order chi connectivity index (χ1) is 13.5. The minimum absolute atomic E-state index is 0.0330. The van der Waals surface area contributed by atoms with Crippen molar-refractivity contribution in [2.45, 2.75) is 20.0 Å². The van der Waals surface area contributed by atoms with Crippen LogP contribution in [-0.2, 0) is 17.8 Å². The highest BCUT2D eigenvalue weighted by molar-refractivity contribution is 5.76. The van der Waals surface area contributed by atoms with Crippen molar-refractivity contribution in [2.75, 3.05) is 7.11 Å². The molecule has 3 rings (SSSR count). The maximum atomic E-state index is 10.9. The summed E-state index contributed by atoms with van der Waals surface area (Å²) in [7, 11) is 1.50. The highest BCUT2D eigenvalue weighted by atomic mass is 16.5. The van der Waals surface area contributed by atoms with E-state index in [4.69, 9.17) is 19.0 Å². The maximum Gasteiger partial charge on any atom is 0.307 e. The van der Waals surface area contributed by atoms with E-state index in [1.54, 1.807) is 49.4 Å². The maximum absolute atomic E-state index is 10.9. The number of aliphatic carboxylic acids is 1. The quantitative estimate of drug-likeness (QED) is 0.594. The molecule has 7 heteroatoms. The van der Waals surface area contributed by atoms with E-state index in [2.05, 4.69) is 4.98 Å². The van der Waals surface area contributed by atoms with E-state index < -0.39 is 5.97 Å². The fourth-order valence-electron chi connectivity index (χ4n) is 2.65. The third kappa shape index (κ3) is 4.37. The van der Waals surface area contributed by atoms with E-state index in [1.807, 2.05) is 0 Å². The summed E-state index contributed by atoms with van der Waals surface area (Å²) in [6, 6.07) is 11.9. The summed E-state index contributed by atoms with van der Waals surface area (Å²) in [6.45, 7) is 1.96. The van der Waals surface area contributed by atoms with E-state index in [0.29, 0.717) is 40.0 Å². The van der Waals surface area contributed by atoms with Crippen LogP contribution in [0.4, 0.5) is 0 Å². The van der Waals surface area contributed by atoms with Gasteiger partial charge in [-0.2, -0.15) is 0 Å². The SMILES string of the molecule is COc1cc(C=O)ccc1OCc1nc(-c2ccc(CC(=O)O)cc2)oc1C. The van der Waals surface area contributed by atoms with Gasteiger partial charge in [0.15, 0.2) is 11.5 Å². The van der Waals surface area contributed by atoms with Crippen LogP contribution < -0.4 is 9.47 Å². The third-order valence-electron chi connectivity index (χ3n) is 4.14. The van der Waals surface area contributed by atoms with Crippen molar-refractivity contribution in [3.63, 3.8) is 0 Å². The molecule has 0 unspecified atom stereocenters. The lowest BCUT2D eigenvalue weighted by Gasteiger charge is -2.10. The molecular weight excluding hydrogens is 362 g/mol. The van der Waals surface area contributed by atoms with Crippen molar-refractivity contribution in [3.8, 4) is 23.0 Å². The van der Waals surface area contributed by atoms with E-state index >= 15 is 0 Å². The Morgan fingerprint density at radius 2 is 1.93 bits per heavy atom. The molecule has 0 fully saturated rings. The Morgan fingerprint density at radius 1 is 1.18 bits per heavy atom. The molecule has 7 nitrogen and oxygen atoms in total. The number of oxazole rings is 1. The topological polar surface area (TPSA) is 98.9 Å². The first-order valence-corrected chi connectivity index (χ1v) is 8.53. The number of carboxylic acids is 1. The first kappa shape index (κ1) is 19.2. The van der Waals surface area contributed by atoms with Crippen LogP contribution in [0.2, 0.25) is 0 Å². The largest absolute Gasteiger partial charge is 0.493 e. The average molecular weight is 381 g/mol. The molecule has 3 aromatic rings. The molecule has 144 valence electrons. The average Bonchev–Trinajstić information content (AvgIpc) is 3.07. The number of carbonyl (C=O) groups excluding carboxylic acids is 1. The van der Waals surface area contributed by atoms with Crippen LogP contribution in [0, 0.1) is 6.92 Å². The van der Waals surface area contributed by atoms with E-state index in [-0.39, 0.29) is 13.0 Å². The van der Waals surface area contributed by atoms with Gasteiger partial charge in [0.1, 0.15) is 24.3 Å². The first-order valence-electron chi connectivity index (χ1n) is 8.53. The van der Waals surface area contributed by atoms with Crippen LogP contribution in [0.1, 0.15) is 27.4 Å². The second kappa shape index (κ2) is 8.39. The molecule has 0 bridgehead atoms. The molecule has 1 aromatic heterocycles. The van der Waals surface area contributed by atoms with Gasteiger partial charge in [0.2, 0.25) is 5.89 Å². The molecule has 0 saturated heterocycles. The predicted molar refractivity (Wildman–Crippen MR) is 101 cm³/mol. The minimum Gasteiger partial charge on any atom is -0.493 e. The molecule has 0 aliphatic heterocycles. The number of nitrogens with zero attached hydrogens (tertiary/aromatic N) is 1. The van der Waals surface area contributed by atoms with Crippen molar-refractivity contribution >= 4 is 12.3 Å². The zero-order chi connectivity index (χ0) is 20.1. The van der Waals surface area contributed by atoms with Crippen molar-refractivity contribution in [3.05, 3.63) is 65.0 Å². The zero-order valence-electron chi connectivity index (χ0n) is 15.5. The molecule has 0 saturated carbocycles. The molecule has 28 heavy (non-hydrogen) atoms. The number of rotatable bonds is 8. The van der Waals surface area contributed by atoms with Gasteiger partial charge in [0.25, 0.3) is 0 Å². The van der Waals surface area contributed by atoms with Crippen molar-refractivity contribution in [1.29, 1.82) is 0 Å². The Morgan fingerprint density at radius 3 is 2.57 bits per heavy atom. The Balaban J connectivity index is 1.74. The summed E-state index contributed by atoms with van der Waals surface area (Å²) in [5, 5.41) is 8.84. The lowest BCUT2D eigenvalue weighted by atomic mass is 10.1. The summed E-state index contributed by atoms with van der Waals surface area (Å²) < 4.78 is 16.7. The number of carboxylic acid groups (broad SMARTS) is 1. The van der Waals surface area contributed by atoms with Gasteiger partial charge in [-0.3, -0.25) is 9.59 Å². The van der Waals surface area contributed by atoms with Crippen LogP contribution in [0.25, 0.3) is 11.5 Å². The second-order valence-corrected chi connectivity index (χ2v) is 6.11. The summed E-state index contributed by atoms with van der Waals surface area (Å²) in [5.41, 5.74) is 2.58. The van der Waals surface area contributed by atoms with Crippen molar-refractivity contribution in [2.24, 2.45) is 0 Å². The normalized spacial score (nSPS) is 10.5. The summed E-state index contributed by atoms with van der Waals surface area (Å²) in [5.74, 6) is 1.13. The highest BCUT2D eigenvalue weighted by Crippen LogP contribution is 2.29. The lowest BCUT2D eigenvalue weighted by Crippen LogP contribution is -2.00. The minimum atomic E-state index is -0.879. The van der Waals surface area contributed by atoms with Crippen LogP contribution in [-0.4, -0.2) is 29.5 Å². The van der Waals surface area contributed by atoms with Gasteiger partial charge in [-0.1, -0.05) is 12.1 Å². The van der Waals surface area contributed by atoms with Crippen molar-refractivity contribution in [1.82, 2.24) is 4.98 Å². The monoisotopic (exact) mass is 381 g/mol. The summed E-state index contributed by atoms with van der Waals surface area (Å²) >= 11 is 0. The number of aromatic nitrogens is 1. The molecule has 2 aromatic carbocycles. The van der Waals surface area contributed by atoms with Crippen LogP contribution in [0.5, 0.6) is 11.5 Å². The van der Waals surface area contributed by atoms with E-state index in [1.165, 1.54) is 7.11 Å². The fourth-order valence-corrected chi connectivity index (χ4v) is 2.65. The number of aldehydes is 1. The Bertz CT molecular complexity index is 991. The number of benzene rings is 2. The number of ether oxygens (including phenoxy) is 2. The van der Waals surface area contributed by atoms with Gasteiger partial charge in [-0.15, -0.1) is 0 Å². The number of aryl methyl sites for hydroxylation is 1. The van der Waals surface area contributed by atoms with Gasteiger partial charge >= 0.3 is 5.97 Å². The molecular formula is C21H19NO6. The predicted octanol–water partition coefficient (Wildman–Crippen LogP) is 3.68. The number of hydrogen-bond acceptors (Lipinski definition) is 6. The molecule has 1 heterocycles. The van der Waals surface area contributed by atoms with Crippen LogP contribution in [0.15, 0.2) is 46.9 Å². The molecule has 0 radical (unpaired) electrons. The van der Waals surface area contributed by atoms with E-state index in [0.717, 1.165) is 11.8 Å². The lowest BCUT2D eigenvalue weighted by molar-refractivity contribution is -0.136. The third-order valence-corrected chi connectivity index (χ3v) is 4.14. The number of hydrogen-bond donors (Lipinski definition) is 1. The second-order valence-electron chi connectivity index (χ2n) is 6.11. The molecule has 0 atom stereocenters. The molecule has 0 aliphatic rings. The number of carbonyl (C=O) groups is 2. The standard InChI is InChI=1S/C21H19NO6/c1-13-17(12-27-18-8-5-15(11-23)9-19(18)26-2)22-21(28-13)16-6-3-14(4-7-16)10-20(24)25/h3-9,11H,10,12H2,1-2H3,(H,24,25). The molecule has 0 amide bonds.